The van der Waals surface area contributed by atoms with E-state index in [1.54, 1.807) is 80.2 Å². The van der Waals surface area contributed by atoms with Gasteiger partial charge in [-0.15, -0.1) is 22.7 Å². The Morgan fingerprint density at radius 2 is 1.19 bits per heavy atom. The second kappa shape index (κ2) is 16.8. The van der Waals surface area contributed by atoms with E-state index in [4.69, 9.17) is 9.47 Å². The smallest absolute Gasteiger partial charge is 0.416 e. The van der Waals surface area contributed by atoms with Crippen LogP contribution in [-0.2, 0) is 28.5 Å². The number of carbonyl (C=O) groups is 2. The van der Waals surface area contributed by atoms with E-state index in [-0.39, 0.29) is 17.9 Å². The Labute approximate surface area is 368 Å². The molecule has 4 aromatic heterocycles. The average molecular weight is 919 g/mol. The molecule has 64 heavy (non-hydrogen) atoms. The largest absolute Gasteiger partial charge is 0.485 e. The van der Waals surface area contributed by atoms with Crippen LogP contribution in [0.25, 0.3) is 42.9 Å². The van der Waals surface area contributed by atoms with Crippen LogP contribution in [0, 0.1) is 13.8 Å². The van der Waals surface area contributed by atoms with Gasteiger partial charge in [-0.05, 0) is 94.4 Å². The molecule has 2 unspecified atom stereocenters. The third-order valence-corrected chi connectivity index (χ3v) is 13.4. The molecule has 4 aromatic carbocycles. The van der Waals surface area contributed by atoms with Gasteiger partial charge in [0.1, 0.15) is 40.3 Å². The molecule has 0 saturated heterocycles. The number of carboxylic acid groups (broad SMARTS) is 2. The highest BCUT2D eigenvalue weighted by molar-refractivity contribution is 7.15. The number of aromatic nitrogens is 4. The average Bonchev–Trinajstić information content (AvgIpc) is 4.03. The fourth-order valence-electron chi connectivity index (χ4n) is 7.60. The number of thiazole rings is 2. The van der Waals surface area contributed by atoms with Gasteiger partial charge in [-0.2, -0.15) is 26.3 Å². The number of aryl methyl sites for hydroxylation is 2. The Balaban J connectivity index is 1.10. The molecule has 4 heterocycles. The zero-order chi connectivity index (χ0) is 45.8. The Morgan fingerprint density at radius 3 is 1.70 bits per heavy atom. The number of nitrogens with zero attached hydrogens (tertiary/aromatic N) is 4. The van der Waals surface area contributed by atoms with Crippen LogP contribution < -0.4 is 9.47 Å². The van der Waals surface area contributed by atoms with Gasteiger partial charge in [-0.3, -0.25) is 4.79 Å². The monoisotopic (exact) mass is 918 g/mol. The van der Waals surface area contributed by atoms with E-state index < -0.39 is 53.7 Å². The number of hydrogen-bond acceptors (Lipinski definition) is 8. The molecule has 3 atom stereocenters. The lowest BCUT2D eigenvalue weighted by Crippen LogP contribution is -2.21. The molecule has 0 radical (unpaired) electrons. The SMILES string of the molecule is Cc1nc(-c2ccc(C(F)(F)F)cc2)sc1C(C)Oc1ccc2c(ccn2C(C(=O)O)c2cc3c(ccn3CC(=O)O)cc2O[C@H](C)c2sc(-c3ccc(C(F)(F)F)cc3)nc2C)c1. The number of ether oxygens (including phenoxy) is 2. The second-order valence-corrected chi connectivity index (χ2v) is 17.1. The van der Waals surface area contributed by atoms with Crippen LogP contribution in [0.2, 0.25) is 0 Å². The standard InChI is InChI=1S/C46H36F6N4O6S2/c1-23-40(63-42(53-23)27-5-9-31(10-6-27)45(47,48)49)25(3)61-33-13-14-35-29(19-33)16-18-56(35)39(44(59)60)34-21-36-30(15-17-55(36)22-38(57)58)20-37(34)62-26(4)41-24(2)54-43(64-41)28-7-11-32(12-8-28)46(50,51)52/h5-21,25-26,39H,22H2,1-4H3,(H,57,58)(H,59,60)/t25?,26-,39?/m1/s1. The van der Waals surface area contributed by atoms with Crippen molar-refractivity contribution in [3.05, 3.63) is 141 Å². The summed E-state index contributed by atoms with van der Waals surface area (Å²) in [7, 11) is 0. The molecule has 8 aromatic rings. The van der Waals surface area contributed by atoms with E-state index in [1.807, 2.05) is 6.92 Å². The maximum absolute atomic E-state index is 13.4. The van der Waals surface area contributed by atoms with Gasteiger partial charge in [-0.1, -0.05) is 24.3 Å². The lowest BCUT2D eigenvalue weighted by Gasteiger charge is -2.23. The van der Waals surface area contributed by atoms with Crippen molar-refractivity contribution in [1.29, 1.82) is 0 Å². The molecule has 330 valence electrons. The first kappa shape index (κ1) is 44.0. The van der Waals surface area contributed by atoms with Crippen LogP contribution in [0.1, 0.15) is 69.9 Å². The topological polar surface area (TPSA) is 129 Å². The van der Waals surface area contributed by atoms with E-state index >= 15 is 0 Å². The van der Waals surface area contributed by atoms with Crippen molar-refractivity contribution in [3.63, 3.8) is 0 Å². The van der Waals surface area contributed by atoms with Crippen LogP contribution in [-0.4, -0.2) is 41.3 Å². The van der Waals surface area contributed by atoms with E-state index in [1.165, 1.54) is 51.5 Å². The van der Waals surface area contributed by atoms with E-state index in [2.05, 4.69) is 9.97 Å². The predicted octanol–water partition coefficient (Wildman–Crippen LogP) is 12.5. The van der Waals surface area contributed by atoms with Crippen LogP contribution in [0.15, 0.2) is 103 Å². The summed E-state index contributed by atoms with van der Waals surface area (Å²) in [6, 6.07) is 20.0. The second-order valence-electron chi connectivity index (χ2n) is 15.1. The van der Waals surface area contributed by atoms with Gasteiger partial charge >= 0.3 is 24.3 Å². The summed E-state index contributed by atoms with van der Waals surface area (Å²) < 4.78 is 95.1. The Bertz CT molecular complexity index is 3040. The predicted molar refractivity (Wildman–Crippen MR) is 230 cm³/mol. The normalized spacial score (nSPS) is 13.6. The lowest BCUT2D eigenvalue weighted by molar-refractivity contribution is -0.140. The molecular weight excluding hydrogens is 883 g/mol. The number of alkyl halides is 6. The van der Waals surface area contributed by atoms with Gasteiger partial charge in [0, 0.05) is 50.9 Å². The third-order valence-electron chi connectivity index (χ3n) is 10.6. The van der Waals surface area contributed by atoms with E-state index in [0.29, 0.717) is 65.0 Å². The fraction of sp³-hybridized carbons (Fsp3) is 0.217. The molecule has 0 amide bonds. The summed E-state index contributed by atoms with van der Waals surface area (Å²) >= 11 is 2.54. The van der Waals surface area contributed by atoms with Crippen molar-refractivity contribution in [2.45, 2.75) is 64.8 Å². The van der Waals surface area contributed by atoms with Crippen molar-refractivity contribution < 1.29 is 55.6 Å². The minimum Gasteiger partial charge on any atom is -0.485 e. The molecule has 0 spiro atoms. The van der Waals surface area contributed by atoms with Crippen molar-refractivity contribution in [2.75, 3.05) is 0 Å². The van der Waals surface area contributed by atoms with Gasteiger partial charge in [0.15, 0.2) is 6.04 Å². The number of carboxylic acids is 2. The van der Waals surface area contributed by atoms with E-state index in [9.17, 15) is 46.1 Å². The molecule has 2 N–H and O–H groups in total. The molecule has 10 nitrogen and oxygen atoms in total. The number of hydrogen-bond donors (Lipinski definition) is 2. The summed E-state index contributed by atoms with van der Waals surface area (Å²) in [5.41, 5.74) is 1.94. The van der Waals surface area contributed by atoms with Crippen LogP contribution in [0.5, 0.6) is 11.5 Å². The van der Waals surface area contributed by atoms with Crippen LogP contribution >= 0.6 is 22.7 Å². The minimum absolute atomic E-state index is 0.204. The van der Waals surface area contributed by atoms with Crippen molar-refractivity contribution in [1.82, 2.24) is 19.1 Å². The van der Waals surface area contributed by atoms with Gasteiger partial charge in [0.25, 0.3) is 0 Å². The number of halogens is 6. The molecule has 0 bridgehead atoms. The first-order valence-electron chi connectivity index (χ1n) is 19.6. The Hall–Kier alpha value is -6.66. The highest BCUT2D eigenvalue weighted by Gasteiger charge is 2.33. The highest BCUT2D eigenvalue weighted by atomic mass is 32.1. The van der Waals surface area contributed by atoms with Gasteiger partial charge in [-0.25, -0.2) is 14.8 Å². The van der Waals surface area contributed by atoms with Gasteiger partial charge in [0.05, 0.1) is 32.3 Å². The Kier molecular flexibility index (Phi) is 11.5. The van der Waals surface area contributed by atoms with Gasteiger partial charge in [0.2, 0.25) is 0 Å². The fourth-order valence-corrected chi connectivity index (χ4v) is 9.70. The van der Waals surface area contributed by atoms with Crippen molar-refractivity contribution in [3.8, 4) is 32.6 Å². The highest BCUT2D eigenvalue weighted by Crippen LogP contribution is 2.42. The number of fused-ring (bicyclic) bond motifs is 2. The van der Waals surface area contributed by atoms with E-state index in [0.717, 1.165) is 29.1 Å². The van der Waals surface area contributed by atoms with Gasteiger partial charge < -0.3 is 28.8 Å². The molecule has 0 aliphatic carbocycles. The Morgan fingerprint density at radius 1 is 0.672 bits per heavy atom. The summed E-state index contributed by atoms with van der Waals surface area (Å²) in [4.78, 5) is 35.8. The molecule has 0 saturated carbocycles. The maximum Gasteiger partial charge on any atom is 0.416 e. The molecule has 0 aliphatic heterocycles. The zero-order valence-electron chi connectivity index (χ0n) is 34.2. The van der Waals surface area contributed by atoms with Crippen molar-refractivity contribution in [2.24, 2.45) is 0 Å². The minimum atomic E-state index is -4.49. The summed E-state index contributed by atoms with van der Waals surface area (Å²) in [5.74, 6) is -1.66. The maximum atomic E-state index is 13.4. The van der Waals surface area contributed by atoms with Crippen LogP contribution in [0.3, 0.4) is 0 Å². The quantitative estimate of drug-likeness (QED) is 0.109. The summed E-state index contributed by atoms with van der Waals surface area (Å²) in [5, 5.41) is 22.8. The number of rotatable bonds is 13. The molecule has 18 heteroatoms. The number of aliphatic carboxylic acids is 2. The zero-order valence-corrected chi connectivity index (χ0v) is 35.8. The molecular formula is C46H36F6N4O6S2. The van der Waals surface area contributed by atoms with Crippen LogP contribution in [0.4, 0.5) is 26.3 Å². The third kappa shape index (κ3) is 8.79. The molecule has 0 fully saturated rings. The lowest BCUT2D eigenvalue weighted by atomic mass is 10.0. The first-order chi connectivity index (χ1) is 30.2. The molecule has 8 rings (SSSR count). The summed E-state index contributed by atoms with van der Waals surface area (Å²) in [6.45, 7) is 6.75. The number of benzene rings is 4. The van der Waals surface area contributed by atoms with Crippen molar-refractivity contribution >= 4 is 56.4 Å². The summed E-state index contributed by atoms with van der Waals surface area (Å²) in [6.07, 6.45) is -6.94. The first-order valence-corrected chi connectivity index (χ1v) is 21.2. The molecule has 0 aliphatic rings.